The first-order valence-corrected chi connectivity index (χ1v) is 10.9. The minimum Gasteiger partial charge on any atom is -0.457 e. The third-order valence-electron chi connectivity index (χ3n) is 4.70. The van der Waals surface area contributed by atoms with Gasteiger partial charge in [-0.05, 0) is 66.2 Å². The van der Waals surface area contributed by atoms with Gasteiger partial charge in [0.15, 0.2) is 0 Å². The van der Waals surface area contributed by atoms with Gasteiger partial charge >= 0.3 is 0 Å². The number of hydrogen-bond donors (Lipinski definition) is 0. The first-order chi connectivity index (χ1) is 14.1. The lowest BCUT2D eigenvalue weighted by Crippen LogP contribution is -2.30. The highest BCUT2D eigenvalue weighted by molar-refractivity contribution is 7.92. The van der Waals surface area contributed by atoms with Gasteiger partial charge in [0.05, 0.1) is 10.6 Å². The standard InChI is InChI=1S/C24H21NO3S/c1-2-25(21-13-15-23(16-14-21)28-22-10-4-3-5-11-22)29(26,27)24-17-12-19-8-6-7-9-20(19)18-24/h3-18H,2H2,1H3. The number of para-hydroxylation sites is 1. The Morgan fingerprint density at radius 2 is 1.34 bits per heavy atom. The Morgan fingerprint density at radius 1 is 0.724 bits per heavy atom. The molecular weight excluding hydrogens is 382 g/mol. The Labute approximate surface area is 171 Å². The fourth-order valence-electron chi connectivity index (χ4n) is 3.25. The molecule has 0 spiro atoms. The predicted molar refractivity (Wildman–Crippen MR) is 117 cm³/mol. The monoisotopic (exact) mass is 403 g/mol. The SMILES string of the molecule is CCN(c1ccc(Oc2ccccc2)cc1)S(=O)(=O)c1ccc2ccccc2c1. The molecule has 0 heterocycles. The second-order valence-electron chi connectivity index (χ2n) is 6.59. The molecule has 0 saturated carbocycles. The molecule has 0 radical (unpaired) electrons. The highest BCUT2D eigenvalue weighted by atomic mass is 32.2. The molecule has 0 amide bonds. The lowest BCUT2D eigenvalue weighted by atomic mass is 10.1. The number of nitrogens with zero attached hydrogens (tertiary/aromatic N) is 1. The topological polar surface area (TPSA) is 46.6 Å². The van der Waals surface area contributed by atoms with Crippen LogP contribution < -0.4 is 9.04 Å². The van der Waals surface area contributed by atoms with Gasteiger partial charge < -0.3 is 4.74 Å². The van der Waals surface area contributed by atoms with Crippen molar-refractivity contribution in [1.82, 2.24) is 0 Å². The Balaban J connectivity index is 1.63. The van der Waals surface area contributed by atoms with E-state index in [1.807, 2.05) is 67.6 Å². The molecular formula is C24H21NO3S. The van der Waals surface area contributed by atoms with Crippen LogP contribution >= 0.6 is 0 Å². The molecule has 0 atom stereocenters. The van der Waals surface area contributed by atoms with Gasteiger partial charge in [0.25, 0.3) is 10.0 Å². The zero-order chi connectivity index (χ0) is 20.3. The Morgan fingerprint density at radius 3 is 2.03 bits per heavy atom. The van der Waals surface area contributed by atoms with Crippen LogP contribution in [-0.4, -0.2) is 15.0 Å². The first kappa shape index (κ1) is 19.0. The van der Waals surface area contributed by atoms with Crippen molar-refractivity contribution >= 4 is 26.5 Å². The van der Waals surface area contributed by atoms with E-state index in [-0.39, 0.29) is 4.90 Å². The third-order valence-corrected chi connectivity index (χ3v) is 6.60. The molecule has 0 fully saturated rings. The van der Waals surface area contributed by atoms with Crippen molar-refractivity contribution in [1.29, 1.82) is 0 Å². The highest BCUT2D eigenvalue weighted by Crippen LogP contribution is 2.29. The molecule has 0 aliphatic carbocycles. The van der Waals surface area contributed by atoms with Crippen molar-refractivity contribution in [3.05, 3.63) is 97.1 Å². The number of rotatable bonds is 6. The zero-order valence-electron chi connectivity index (χ0n) is 16.0. The fourth-order valence-corrected chi connectivity index (χ4v) is 4.76. The zero-order valence-corrected chi connectivity index (χ0v) is 16.8. The summed E-state index contributed by atoms with van der Waals surface area (Å²) in [5, 5.41) is 1.91. The Kier molecular flexibility index (Phi) is 5.23. The van der Waals surface area contributed by atoms with Gasteiger partial charge in [-0.15, -0.1) is 0 Å². The minimum atomic E-state index is -3.67. The molecule has 5 heteroatoms. The van der Waals surface area contributed by atoms with Gasteiger partial charge in [-0.3, -0.25) is 4.31 Å². The van der Waals surface area contributed by atoms with Gasteiger partial charge in [-0.25, -0.2) is 8.42 Å². The summed E-state index contributed by atoms with van der Waals surface area (Å²) in [7, 11) is -3.67. The molecule has 4 nitrogen and oxygen atoms in total. The van der Waals surface area contributed by atoms with Crippen molar-refractivity contribution in [3.8, 4) is 11.5 Å². The maximum absolute atomic E-state index is 13.3. The smallest absolute Gasteiger partial charge is 0.264 e. The van der Waals surface area contributed by atoms with Crippen molar-refractivity contribution in [2.45, 2.75) is 11.8 Å². The van der Waals surface area contributed by atoms with E-state index in [0.29, 0.717) is 18.0 Å². The second kappa shape index (κ2) is 7.97. The van der Waals surface area contributed by atoms with Crippen LogP contribution in [0.15, 0.2) is 102 Å². The van der Waals surface area contributed by atoms with Gasteiger partial charge in [0.2, 0.25) is 0 Å². The van der Waals surface area contributed by atoms with Gasteiger partial charge in [0.1, 0.15) is 11.5 Å². The summed E-state index contributed by atoms with van der Waals surface area (Å²) in [5.41, 5.74) is 0.598. The van der Waals surface area contributed by atoms with Gasteiger partial charge in [-0.2, -0.15) is 0 Å². The Bertz CT molecular complexity index is 1220. The van der Waals surface area contributed by atoms with Crippen LogP contribution in [0.3, 0.4) is 0 Å². The van der Waals surface area contributed by atoms with Gasteiger partial charge in [-0.1, -0.05) is 48.5 Å². The molecule has 4 rings (SSSR count). The van der Waals surface area contributed by atoms with E-state index in [1.165, 1.54) is 4.31 Å². The number of fused-ring (bicyclic) bond motifs is 1. The van der Waals surface area contributed by atoms with Crippen LogP contribution in [0, 0.1) is 0 Å². The summed E-state index contributed by atoms with van der Waals surface area (Å²) in [6.07, 6.45) is 0. The van der Waals surface area contributed by atoms with E-state index in [0.717, 1.165) is 16.5 Å². The molecule has 0 aliphatic rings. The van der Waals surface area contributed by atoms with Crippen LogP contribution in [0.5, 0.6) is 11.5 Å². The van der Waals surface area contributed by atoms with Crippen LogP contribution in [-0.2, 0) is 10.0 Å². The number of sulfonamides is 1. The molecule has 0 aromatic heterocycles. The number of ether oxygens (including phenoxy) is 1. The largest absolute Gasteiger partial charge is 0.457 e. The summed E-state index contributed by atoms with van der Waals surface area (Å²) < 4.78 is 33.8. The molecule has 0 aliphatic heterocycles. The lowest BCUT2D eigenvalue weighted by molar-refractivity contribution is 0.482. The van der Waals surface area contributed by atoms with E-state index in [4.69, 9.17) is 4.74 Å². The lowest BCUT2D eigenvalue weighted by Gasteiger charge is -2.23. The summed E-state index contributed by atoms with van der Waals surface area (Å²) in [6.45, 7) is 2.15. The van der Waals surface area contributed by atoms with E-state index in [2.05, 4.69) is 0 Å². The van der Waals surface area contributed by atoms with Crippen LogP contribution in [0.25, 0.3) is 10.8 Å². The quantitative estimate of drug-likeness (QED) is 0.406. The molecule has 29 heavy (non-hydrogen) atoms. The first-order valence-electron chi connectivity index (χ1n) is 9.42. The third kappa shape index (κ3) is 3.96. The molecule has 0 unspecified atom stereocenters. The number of hydrogen-bond acceptors (Lipinski definition) is 3. The normalized spacial score (nSPS) is 11.3. The molecule has 0 saturated heterocycles. The maximum Gasteiger partial charge on any atom is 0.264 e. The summed E-state index contributed by atoms with van der Waals surface area (Å²) in [6, 6.07) is 29.5. The Hall–Kier alpha value is -3.31. The van der Waals surface area contributed by atoms with Crippen molar-refractivity contribution in [2.75, 3.05) is 10.8 Å². The van der Waals surface area contributed by atoms with E-state index in [1.54, 1.807) is 36.4 Å². The van der Waals surface area contributed by atoms with E-state index >= 15 is 0 Å². The molecule has 4 aromatic carbocycles. The summed E-state index contributed by atoms with van der Waals surface area (Å²) >= 11 is 0. The van der Waals surface area contributed by atoms with Crippen LogP contribution in [0.1, 0.15) is 6.92 Å². The van der Waals surface area contributed by atoms with Crippen LogP contribution in [0.2, 0.25) is 0 Å². The predicted octanol–water partition coefficient (Wildman–Crippen LogP) is 5.85. The average molecular weight is 404 g/mol. The maximum atomic E-state index is 13.3. The van der Waals surface area contributed by atoms with Crippen molar-refractivity contribution in [3.63, 3.8) is 0 Å². The van der Waals surface area contributed by atoms with Crippen molar-refractivity contribution < 1.29 is 13.2 Å². The number of benzene rings is 4. The van der Waals surface area contributed by atoms with Gasteiger partial charge in [0, 0.05) is 6.54 Å². The minimum absolute atomic E-state index is 0.280. The second-order valence-corrected chi connectivity index (χ2v) is 8.45. The molecule has 4 aromatic rings. The fraction of sp³-hybridized carbons (Fsp3) is 0.0833. The number of anilines is 1. The molecule has 0 bridgehead atoms. The van der Waals surface area contributed by atoms with E-state index < -0.39 is 10.0 Å². The van der Waals surface area contributed by atoms with Crippen molar-refractivity contribution in [2.24, 2.45) is 0 Å². The summed E-state index contributed by atoms with van der Waals surface area (Å²) in [5.74, 6) is 1.38. The highest BCUT2D eigenvalue weighted by Gasteiger charge is 2.23. The molecule has 146 valence electrons. The van der Waals surface area contributed by atoms with Crippen LogP contribution in [0.4, 0.5) is 5.69 Å². The van der Waals surface area contributed by atoms with E-state index in [9.17, 15) is 8.42 Å². The molecule has 0 N–H and O–H groups in total. The average Bonchev–Trinajstić information content (AvgIpc) is 2.75. The summed E-state index contributed by atoms with van der Waals surface area (Å²) in [4.78, 5) is 0.280.